The van der Waals surface area contributed by atoms with E-state index in [-0.39, 0.29) is 6.01 Å². The Kier molecular flexibility index (Phi) is 2.82. The Morgan fingerprint density at radius 1 is 1.05 bits per heavy atom. The molecule has 2 N–H and O–H groups in total. The van der Waals surface area contributed by atoms with Crippen molar-refractivity contribution in [2.75, 3.05) is 5.73 Å². The van der Waals surface area contributed by atoms with Gasteiger partial charge in [-0.2, -0.15) is 4.98 Å². The molecule has 0 unspecified atom stereocenters. The molecule has 0 aliphatic rings. The zero-order chi connectivity index (χ0) is 13.1. The molecular weight excluding hydrogens is 242 g/mol. The quantitative estimate of drug-likeness (QED) is 0.772. The Balaban J connectivity index is 1.82. The van der Waals surface area contributed by atoms with Crippen LogP contribution < -0.4 is 10.5 Å². The number of anilines is 1. The molecule has 6 heteroatoms. The number of nitrogens with zero attached hydrogens (tertiary/aromatic N) is 4. The van der Waals surface area contributed by atoms with Gasteiger partial charge >= 0.3 is 6.01 Å². The van der Waals surface area contributed by atoms with E-state index in [9.17, 15) is 0 Å². The first-order valence-electron chi connectivity index (χ1n) is 5.68. The van der Waals surface area contributed by atoms with Gasteiger partial charge in [0.25, 0.3) is 0 Å². The van der Waals surface area contributed by atoms with Gasteiger partial charge in [-0.05, 0) is 18.2 Å². The molecule has 19 heavy (non-hydrogen) atoms. The fourth-order valence-corrected chi connectivity index (χ4v) is 1.60. The van der Waals surface area contributed by atoms with E-state index in [2.05, 4.69) is 15.1 Å². The highest BCUT2D eigenvalue weighted by atomic mass is 16.5. The van der Waals surface area contributed by atoms with Crippen molar-refractivity contribution >= 4 is 5.82 Å². The second-order valence-electron chi connectivity index (χ2n) is 3.83. The molecule has 3 rings (SSSR count). The largest absolute Gasteiger partial charge is 0.423 e. The molecule has 0 saturated heterocycles. The standard InChI is InChI=1S/C13H11N5O/c14-12-8-11(6-7-15-12)19-13-16-9-18(17-13)10-4-2-1-3-5-10/h1-9H,(H2,14,15). The zero-order valence-electron chi connectivity index (χ0n) is 9.97. The summed E-state index contributed by atoms with van der Waals surface area (Å²) in [5.74, 6) is 0.943. The number of pyridine rings is 1. The van der Waals surface area contributed by atoms with Gasteiger partial charge in [0.1, 0.15) is 17.9 Å². The molecule has 0 fully saturated rings. The minimum Gasteiger partial charge on any atom is -0.423 e. The van der Waals surface area contributed by atoms with Crippen molar-refractivity contribution < 1.29 is 4.74 Å². The van der Waals surface area contributed by atoms with E-state index in [1.54, 1.807) is 29.3 Å². The van der Waals surface area contributed by atoms with E-state index in [0.717, 1.165) is 5.69 Å². The van der Waals surface area contributed by atoms with E-state index in [1.807, 2.05) is 30.3 Å². The third-order valence-corrected chi connectivity index (χ3v) is 2.45. The first-order valence-corrected chi connectivity index (χ1v) is 5.68. The third kappa shape index (κ3) is 2.52. The Hall–Kier alpha value is -2.89. The summed E-state index contributed by atoms with van der Waals surface area (Å²) in [7, 11) is 0. The van der Waals surface area contributed by atoms with Gasteiger partial charge in [0, 0.05) is 12.3 Å². The minimum absolute atomic E-state index is 0.259. The van der Waals surface area contributed by atoms with Crippen molar-refractivity contribution in [3.8, 4) is 17.4 Å². The van der Waals surface area contributed by atoms with Gasteiger partial charge in [-0.3, -0.25) is 0 Å². The smallest absolute Gasteiger partial charge is 0.341 e. The van der Waals surface area contributed by atoms with Crippen molar-refractivity contribution in [3.63, 3.8) is 0 Å². The Morgan fingerprint density at radius 3 is 2.68 bits per heavy atom. The van der Waals surface area contributed by atoms with Crippen LogP contribution in [0.15, 0.2) is 55.0 Å². The monoisotopic (exact) mass is 253 g/mol. The topological polar surface area (TPSA) is 78.9 Å². The van der Waals surface area contributed by atoms with Gasteiger partial charge in [-0.25, -0.2) is 9.67 Å². The molecule has 0 radical (unpaired) electrons. The van der Waals surface area contributed by atoms with Crippen molar-refractivity contribution in [1.29, 1.82) is 0 Å². The summed E-state index contributed by atoms with van der Waals surface area (Å²) < 4.78 is 7.14. The highest BCUT2D eigenvalue weighted by molar-refractivity contribution is 5.37. The van der Waals surface area contributed by atoms with Gasteiger partial charge < -0.3 is 10.5 Å². The maximum Gasteiger partial charge on any atom is 0.341 e. The molecule has 2 heterocycles. The predicted molar refractivity (Wildman–Crippen MR) is 70.1 cm³/mol. The number of nitrogen functional groups attached to an aromatic ring is 1. The van der Waals surface area contributed by atoms with Crippen LogP contribution in [0.25, 0.3) is 5.69 Å². The van der Waals surface area contributed by atoms with Gasteiger partial charge in [-0.15, -0.1) is 5.10 Å². The summed E-state index contributed by atoms with van der Waals surface area (Å²) in [6.07, 6.45) is 3.16. The van der Waals surface area contributed by atoms with Crippen molar-refractivity contribution in [3.05, 3.63) is 55.0 Å². The lowest BCUT2D eigenvalue weighted by Gasteiger charge is -2.01. The Bertz CT molecular complexity index is 680. The van der Waals surface area contributed by atoms with Crippen LogP contribution in [0.1, 0.15) is 0 Å². The molecule has 0 atom stereocenters. The summed E-state index contributed by atoms with van der Waals surface area (Å²) in [6, 6.07) is 13.2. The SMILES string of the molecule is Nc1cc(Oc2ncn(-c3ccccc3)n2)ccn1. The zero-order valence-corrected chi connectivity index (χ0v) is 9.97. The molecule has 0 saturated carbocycles. The van der Waals surface area contributed by atoms with Crippen LogP contribution in [0.5, 0.6) is 11.8 Å². The summed E-state index contributed by atoms with van der Waals surface area (Å²) in [5, 5.41) is 4.23. The van der Waals surface area contributed by atoms with Crippen molar-refractivity contribution in [2.24, 2.45) is 0 Å². The lowest BCUT2D eigenvalue weighted by molar-refractivity contribution is 0.441. The number of rotatable bonds is 3. The van der Waals surface area contributed by atoms with Gasteiger partial charge in [0.15, 0.2) is 0 Å². The molecule has 0 aliphatic carbocycles. The normalized spacial score (nSPS) is 10.3. The van der Waals surface area contributed by atoms with E-state index in [0.29, 0.717) is 11.6 Å². The van der Waals surface area contributed by atoms with Crippen molar-refractivity contribution in [1.82, 2.24) is 19.7 Å². The summed E-state index contributed by atoms with van der Waals surface area (Å²) in [4.78, 5) is 7.97. The maximum absolute atomic E-state index is 5.57. The lowest BCUT2D eigenvalue weighted by Crippen LogP contribution is -1.95. The molecule has 94 valence electrons. The number of benzene rings is 1. The van der Waals surface area contributed by atoms with Crippen LogP contribution in [0.2, 0.25) is 0 Å². The molecule has 0 bridgehead atoms. The summed E-state index contributed by atoms with van der Waals surface area (Å²) in [5.41, 5.74) is 6.49. The molecule has 3 aromatic rings. The van der Waals surface area contributed by atoms with Crippen molar-refractivity contribution in [2.45, 2.75) is 0 Å². The number of hydrogen-bond donors (Lipinski definition) is 1. The molecule has 1 aromatic carbocycles. The van der Waals surface area contributed by atoms with Crippen LogP contribution in [0.3, 0.4) is 0 Å². The van der Waals surface area contributed by atoms with E-state index in [4.69, 9.17) is 10.5 Å². The van der Waals surface area contributed by atoms with Gasteiger partial charge in [0.2, 0.25) is 0 Å². The molecule has 6 nitrogen and oxygen atoms in total. The highest BCUT2D eigenvalue weighted by Crippen LogP contribution is 2.18. The number of ether oxygens (including phenoxy) is 1. The number of nitrogens with two attached hydrogens (primary N) is 1. The first kappa shape index (κ1) is 11.2. The predicted octanol–water partition coefficient (Wildman–Crippen LogP) is 2.04. The summed E-state index contributed by atoms with van der Waals surface area (Å²) in [6.45, 7) is 0. The molecule has 0 amide bonds. The maximum atomic E-state index is 5.57. The lowest BCUT2D eigenvalue weighted by atomic mass is 10.3. The second kappa shape index (κ2) is 4.77. The average molecular weight is 253 g/mol. The van der Waals surface area contributed by atoms with Gasteiger partial charge in [0.05, 0.1) is 5.69 Å². The Morgan fingerprint density at radius 2 is 1.89 bits per heavy atom. The van der Waals surface area contributed by atoms with E-state index >= 15 is 0 Å². The Labute approximate surface area is 109 Å². The fourth-order valence-electron chi connectivity index (χ4n) is 1.60. The van der Waals surface area contributed by atoms with Gasteiger partial charge in [-0.1, -0.05) is 18.2 Å². The van der Waals surface area contributed by atoms with Crippen LogP contribution in [0.4, 0.5) is 5.82 Å². The summed E-state index contributed by atoms with van der Waals surface area (Å²) >= 11 is 0. The molecule has 2 aromatic heterocycles. The molecular formula is C13H11N5O. The van der Waals surface area contributed by atoms with E-state index < -0.39 is 0 Å². The first-order chi connectivity index (χ1) is 9.31. The number of hydrogen-bond acceptors (Lipinski definition) is 5. The second-order valence-corrected chi connectivity index (χ2v) is 3.83. The number of aromatic nitrogens is 4. The van der Waals surface area contributed by atoms with Crippen LogP contribution in [-0.4, -0.2) is 19.7 Å². The highest BCUT2D eigenvalue weighted by Gasteiger charge is 2.05. The van der Waals surface area contributed by atoms with Crippen LogP contribution in [0, 0.1) is 0 Å². The third-order valence-electron chi connectivity index (χ3n) is 2.45. The van der Waals surface area contributed by atoms with Crippen LogP contribution >= 0.6 is 0 Å². The number of para-hydroxylation sites is 1. The van der Waals surface area contributed by atoms with Crippen LogP contribution in [-0.2, 0) is 0 Å². The minimum atomic E-state index is 0.259. The molecule has 0 aliphatic heterocycles. The van der Waals surface area contributed by atoms with E-state index in [1.165, 1.54) is 0 Å². The molecule has 0 spiro atoms. The average Bonchev–Trinajstić information content (AvgIpc) is 2.88. The fraction of sp³-hybridized carbons (Fsp3) is 0.